The van der Waals surface area contributed by atoms with E-state index in [-0.39, 0.29) is 29.8 Å². The van der Waals surface area contributed by atoms with E-state index in [1.54, 1.807) is 24.0 Å². The van der Waals surface area contributed by atoms with Crippen molar-refractivity contribution < 1.29 is 9.59 Å². The molecule has 0 bridgehead atoms. The van der Waals surface area contributed by atoms with E-state index in [9.17, 15) is 9.59 Å². The average Bonchev–Trinajstić information content (AvgIpc) is 2.82. The normalized spacial score (nSPS) is 15.5. The summed E-state index contributed by atoms with van der Waals surface area (Å²) in [7, 11) is 0. The highest BCUT2D eigenvalue weighted by Crippen LogP contribution is 2.25. The molecule has 2 aromatic rings. The van der Waals surface area contributed by atoms with Gasteiger partial charge in [0.05, 0.1) is 0 Å². The number of nitrogens with one attached hydrogen (secondary N) is 1. The van der Waals surface area contributed by atoms with Gasteiger partial charge in [-0.25, -0.2) is 0 Å². The molecule has 0 saturated heterocycles. The SMILES string of the molecule is C[C@@H](C(=O)NC1CCCCC1)N(Cc1ccc(Cl)cc1Cl)C(=O)CCc1ccc(C(C)(C)C)cc1. The minimum absolute atomic E-state index is 0.0674. The highest BCUT2D eigenvalue weighted by atomic mass is 35.5. The number of amides is 2. The van der Waals surface area contributed by atoms with Gasteiger partial charge in [-0.05, 0) is 60.4 Å². The second-order valence-corrected chi connectivity index (χ2v) is 11.6. The summed E-state index contributed by atoms with van der Waals surface area (Å²) in [6.45, 7) is 8.62. The topological polar surface area (TPSA) is 49.4 Å². The summed E-state index contributed by atoms with van der Waals surface area (Å²) in [5.41, 5.74) is 3.23. The molecule has 1 aliphatic rings. The first-order chi connectivity index (χ1) is 16.5. The van der Waals surface area contributed by atoms with E-state index in [2.05, 4.69) is 50.4 Å². The van der Waals surface area contributed by atoms with Gasteiger partial charge < -0.3 is 10.2 Å². The van der Waals surface area contributed by atoms with Crippen LogP contribution >= 0.6 is 23.2 Å². The van der Waals surface area contributed by atoms with Crippen LogP contribution in [0, 0.1) is 0 Å². The Kier molecular flexibility index (Phi) is 9.66. The molecule has 2 amide bonds. The van der Waals surface area contributed by atoms with Crippen molar-refractivity contribution in [1.29, 1.82) is 0 Å². The van der Waals surface area contributed by atoms with Crippen LogP contribution < -0.4 is 5.32 Å². The molecule has 3 rings (SSSR count). The zero-order valence-electron chi connectivity index (χ0n) is 21.4. The second-order valence-electron chi connectivity index (χ2n) is 10.7. The number of hydrogen-bond acceptors (Lipinski definition) is 2. The van der Waals surface area contributed by atoms with Gasteiger partial charge in [-0.3, -0.25) is 9.59 Å². The lowest BCUT2D eigenvalue weighted by molar-refractivity contribution is -0.141. The molecule has 0 heterocycles. The van der Waals surface area contributed by atoms with E-state index in [0.717, 1.165) is 36.8 Å². The van der Waals surface area contributed by atoms with E-state index >= 15 is 0 Å². The predicted octanol–water partition coefficient (Wildman–Crippen LogP) is 7.09. The van der Waals surface area contributed by atoms with Crippen LogP contribution in [0.25, 0.3) is 0 Å². The van der Waals surface area contributed by atoms with Gasteiger partial charge in [-0.15, -0.1) is 0 Å². The molecule has 2 aromatic carbocycles. The Hall–Kier alpha value is -2.04. The van der Waals surface area contributed by atoms with Gasteiger partial charge in [0.2, 0.25) is 11.8 Å². The van der Waals surface area contributed by atoms with E-state index in [1.807, 2.05) is 6.07 Å². The summed E-state index contributed by atoms with van der Waals surface area (Å²) in [4.78, 5) is 28.2. The van der Waals surface area contributed by atoms with Crippen molar-refractivity contribution in [2.45, 2.75) is 96.7 Å². The quantitative estimate of drug-likeness (QED) is 0.407. The molecule has 0 unspecified atom stereocenters. The second kappa shape index (κ2) is 12.3. The molecule has 0 radical (unpaired) electrons. The van der Waals surface area contributed by atoms with Crippen LogP contribution in [-0.4, -0.2) is 28.8 Å². The monoisotopic (exact) mass is 516 g/mol. The molecular formula is C29H38Cl2N2O2. The van der Waals surface area contributed by atoms with Crippen molar-refractivity contribution in [3.63, 3.8) is 0 Å². The van der Waals surface area contributed by atoms with Crippen LogP contribution in [-0.2, 0) is 28.0 Å². The van der Waals surface area contributed by atoms with Gasteiger partial charge in [0.25, 0.3) is 0 Å². The summed E-state index contributed by atoms with van der Waals surface area (Å²) < 4.78 is 0. The summed E-state index contributed by atoms with van der Waals surface area (Å²) in [6, 6.07) is 13.3. The maximum absolute atomic E-state index is 13.4. The summed E-state index contributed by atoms with van der Waals surface area (Å²) >= 11 is 12.5. The van der Waals surface area contributed by atoms with Crippen LogP contribution in [0.4, 0.5) is 0 Å². The molecule has 0 spiro atoms. The van der Waals surface area contributed by atoms with Crippen LogP contribution in [0.3, 0.4) is 0 Å². The van der Waals surface area contributed by atoms with Gasteiger partial charge in [0, 0.05) is 29.1 Å². The minimum Gasteiger partial charge on any atom is -0.352 e. The lowest BCUT2D eigenvalue weighted by Gasteiger charge is -2.31. The first-order valence-electron chi connectivity index (χ1n) is 12.7. The Bertz CT molecular complexity index is 1010. The maximum Gasteiger partial charge on any atom is 0.242 e. The Labute approximate surface area is 220 Å². The van der Waals surface area contributed by atoms with E-state index in [4.69, 9.17) is 23.2 Å². The molecule has 1 atom stereocenters. The number of halogens is 2. The maximum atomic E-state index is 13.4. The van der Waals surface area contributed by atoms with E-state index in [0.29, 0.717) is 22.9 Å². The Balaban J connectivity index is 1.72. The van der Waals surface area contributed by atoms with Crippen molar-refractivity contribution in [1.82, 2.24) is 10.2 Å². The largest absolute Gasteiger partial charge is 0.352 e. The van der Waals surface area contributed by atoms with Crippen LogP contribution in [0.1, 0.15) is 82.9 Å². The average molecular weight is 518 g/mol. The van der Waals surface area contributed by atoms with Gasteiger partial charge in [0.1, 0.15) is 6.04 Å². The predicted molar refractivity (Wildman–Crippen MR) is 145 cm³/mol. The molecule has 1 fully saturated rings. The third-order valence-electron chi connectivity index (χ3n) is 6.92. The lowest BCUT2D eigenvalue weighted by Crippen LogP contribution is -2.50. The van der Waals surface area contributed by atoms with Crippen molar-refractivity contribution >= 4 is 35.0 Å². The summed E-state index contributed by atoms with van der Waals surface area (Å²) in [5.74, 6) is -0.174. The Morgan fingerprint density at radius 1 is 1.03 bits per heavy atom. The first-order valence-corrected chi connectivity index (χ1v) is 13.4. The highest BCUT2D eigenvalue weighted by Gasteiger charge is 2.28. The standard InChI is InChI=1S/C29H38Cl2N2O2/c1-20(28(35)32-25-8-6-5-7-9-25)33(19-22-13-16-24(30)18-26(22)31)27(34)17-12-21-10-14-23(15-11-21)29(2,3)4/h10-11,13-16,18,20,25H,5-9,12,17,19H2,1-4H3,(H,32,35)/t20-/m0/s1. The summed E-state index contributed by atoms with van der Waals surface area (Å²) in [6.07, 6.45) is 6.43. The van der Waals surface area contributed by atoms with Gasteiger partial charge in [-0.1, -0.05) is 93.6 Å². The van der Waals surface area contributed by atoms with Gasteiger partial charge in [0.15, 0.2) is 0 Å². The molecule has 0 aliphatic heterocycles. The Morgan fingerprint density at radius 2 is 1.69 bits per heavy atom. The minimum atomic E-state index is -0.598. The number of rotatable bonds is 8. The van der Waals surface area contributed by atoms with Crippen LogP contribution in [0.2, 0.25) is 10.0 Å². The van der Waals surface area contributed by atoms with Crippen molar-refractivity contribution in [3.05, 3.63) is 69.2 Å². The van der Waals surface area contributed by atoms with Gasteiger partial charge in [-0.2, -0.15) is 0 Å². The number of nitrogens with zero attached hydrogens (tertiary/aromatic N) is 1. The fourth-order valence-corrected chi connectivity index (χ4v) is 5.02. The number of aryl methyl sites for hydroxylation is 1. The smallest absolute Gasteiger partial charge is 0.242 e. The van der Waals surface area contributed by atoms with Crippen molar-refractivity contribution in [3.8, 4) is 0 Å². The van der Waals surface area contributed by atoms with E-state index < -0.39 is 6.04 Å². The zero-order chi connectivity index (χ0) is 25.6. The zero-order valence-corrected chi connectivity index (χ0v) is 22.9. The van der Waals surface area contributed by atoms with Crippen molar-refractivity contribution in [2.24, 2.45) is 0 Å². The number of carbonyl (C=O) groups excluding carboxylic acids is 2. The fourth-order valence-electron chi connectivity index (χ4n) is 4.55. The molecule has 6 heteroatoms. The lowest BCUT2D eigenvalue weighted by atomic mass is 9.86. The first kappa shape index (κ1) is 27.5. The third-order valence-corrected chi connectivity index (χ3v) is 7.51. The molecular weight excluding hydrogens is 479 g/mol. The molecule has 35 heavy (non-hydrogen) atoms. The molecule has 1 aliphatic carbocycles. The fraction of sp³-hybridized carbons (Fsp3) is 0.517. The van der Waals surface area contributed by atoms with Crippen LogP contribution in [0.5, 0.6) is 0 Å². The van der Waals surface area contributed by atoms with Crippen LogP contribution in [0.15, 0.2) is 42.5 Å². The number of hydrogen-bond donors (Lipinski definition) is 1. The summed E-state index contributed by atoms with van der Waals surface area (Å²) in [5, 5.41) is 4.20. The third kappa shape index (κ3) is 7.98. The Morgan fingerprint density at radius 3 is 2.29 bits per heavy atom. The molecule has 0 aromatic heterocycles. The molecule has 1 saturated carbocycles. The number of carbonyl (C=O) groups is 2. The van der Waals surface area contributed by atoms with Gasteiger partial charge >= 0.3 is 0 Å². The molecule has 1 N–H and O–H groups in total. The molecule has 190 valence electrons. The van der Waals surface area contributed by atoms with Crippen molar-refractivity contribution in [2.75, 3.05) is 0 Å². The van der Waals surface area contributed by atoms with E-state index in [1.165, 1.54) is 12.0 Å². The highest BCUT2D eigenvalue weighted by molar-refractivity contribution is 6.35. The molecule has 4 nitrogen and oxygen atoms in total. The number of benzene rings is 2.